The number of pyridine rings is 1. The Morgan fingerprint density at radius 2 is 2.25 bits per heavy atom. The van der Waals surface area contributed by atoms with Gasteiger partial charge in [0.05, 0.1) is 22.8 Å². The number of nitrogens with zero attached hydrogens (tertiary/aromatic N) is 3. The van der Waals surface area contributed by atoms with Gasteiger partial charge in [0.15, 0.2) is 11.5 Å². The highest BCUT2D eigenvalue weighted by molar-refractivity contribution is 6.31. The summed E-state index contributed by atoms with van der Waals surface area (Å²) in [6.07, 6.45) is 1.50. The third-order valence-electron chi connectivity index (χ3n) is 3.40. The van der Waals surface area contributed by atoms with Gasteiger partial charge in [0.2, 0.25) is 0 Å². The average Bonchev–Trinajstić information content (AvgIpc) is 2.99. The summed E-state index contributed by atoms with van der Waals surface area (Å²) in [6, 6.07) is 5.27. The molecule has 4 N–H and O–H groups in total. The number of anilines is 1. The van der Waals surface area contributed by atoms with E-state index in [1.807, 2.05) is 0 Å². The molecule has 2 heterocycles. The first kappa shape index (κ1) is 16.3. The molecule has 0 spiro atoms. The van der Waals surface area contributed by atoms with Gasteiger partial charge in [-0.1, -0.05) is 11.6 Å². The molecule has 0 bridgehead atoms. The number of fused-ring (bicyclic) bond motifs is 1. The van der Waals surface area contributed by atoms with Crippen LogP contribution in [0.25, 0.3) is 11.2 Å². The molecule has 9 heteroatoms. The summed E-state index contributed by atoms with van der Waals surface area (Å²) in [5, 5.41) is 22.0. The van der Waals surface area contributed by atoms with Crippen molar-refractivity contribution in [2.45, 2.75) is 6.54 Å². The van der Waals surface area contributed by atoms with Gasteiger partial charge in [-0.25, -0.2) is 19.4 Å². The minimum Gasteiger partial charge on any atom is -0.339 e. The molecular weight excluding hydrogens is 335 g/mol. The highest BCUT2D eigenvalue weighted by Gasteiger charge is 2.18. The Morgan fingerprint density at radius 3 is 2.96 bits per heavy atom. The number of aromatic nitrogens is 3. The maximum atomic E-state index is 13.3. The number of nitrogens with one attached hydrogen (secondary N) is 3. The average molecular weight is 349 g/mol. The lowest BCUT2D eigenvalue weighted by molar-refractivity contribution is 0.312. The molecular formula is C15H14ClFN6O. The third-order valence-corrected chi connectivity index (χ3v) is 3.69. The Bertz CT molecular complexity index is 912. The van der Waals surface area contributed by atoms with E-state index in [-0.39, 0.29) is 16.5 Å². The third kappa shape index (κ3) is 2.94. The smallest absolute Gasteiger partial charge is 0.178 e. The van der Waals surface area contributed by atoms with Crippen molar-refractivity contribution in [2.24, 2.45) is 0 Å². The lowest BCUT2D eigenvalue weighted by atomic mass is 10.2. The lowest BCUT2D eigenvalue weighted by Gasteiger charge is -2.18. The van der Waals surface area contributed by atoms with Crippen LogP contribution in [0.4, 0.5) is 10.1 Å². The number of amidine groups is 1. The van der Waals surface area contributed by atoms with E-state index in [0.29, 0.717) is 34.2 Å². The van der Waals surface area contributed by atoms with E-state index < -0.39 is 5.82 Å². The number of aromatic amines is 1. The lowest BCUT2D eigenvalue weighted by Crippen LogP contribution is -2.27. The van der Waals surface area contributed by atoms with Crippen molar-refractivity contribution < 1.29 is 9.60 Å². The summed E-state index contributed by atoms with van der Waals surface area (Å²) in [7, 11) is 1.79. The monoisotopic (exact) mass is 348 g/mol. The zero-order valence-electron chi connectivity index (χ0n) is 12.6. The van der Waals surface area contributed by atoms with Crippen LogP contribution < -0.4 is 10.4 Å². The summed E-state index contributed by atoms with van der Waals surface area (Å²) in [6.45, 7) is 0.513. The topological polar surface area (TPSA) is 101 Å². The number of hydroxylamine groups is 1. The van der Waals surface area contributed by atoms with Gasteiger partial charge in [0, 0.05) is 11.8 Å². The Labute approximate surface area is 141 Å². The fourth-order valence-electron chi connectivity index (χ4n) is 2.27. The van der Waals surface area contributed by atoms with Crippen molar-refractivity contribution in [3.63, 3.8) is 0 Å². The van der Waals surface area contributed by atoms with Gasteiger partial charge in [0.25, 0.3) is 0 Å². The molecule has 0 unspecified atom stereocenters. The standard InChI is InChI=1S/C15H14ClFN6O/c1-19-7-12-21-13-9(4-5-20-15(13)22-12)14(18)23(24)8-2-3-11(17)10(16)6-8/h2-6,18-19,24H,7H2,1H3,(H,20,21,22). The molecule has 0 saturated heterocycles. The van der Waals surface area contributed by atoms with Gasteiger partial charge in [-0.2, -0.15) is 0 Å². The minimum atomic E-state index is -0.600. The SMILES string of the molecule is CNCc1nc2nccc(C(=N)N(O)c3ccc(F)c(Cl)c3)c2[nH]1. The molecule has 0 aliphatic heterocycles. The molecule has 7 nitrogen and oxygen atoms in total. The maximum absolute atomic E-state index is 13.3. The highest BCUT2D eigenvalue weighted by Crippen LogP contribution is 2.24. The molecule has 0 atom stereocenters. The molecule has 2 aromatic heterocycles. The number of benzene rings is 1. The normalized spacial score (nSPS) is 11.0. The molecule has 0 saturated carbocycles. The van der Waals surface area contributed by atoms with Crippen LogP contribution in [0.1, 0.15) is 11.4 Å². The van der Waals surface area contributed by atoms with Crippen LogP contribution in [0.2, 0.25) is 5.02 Å². The van der Waals surface area contributed by atoms with Crippen molar-refractivity contribution >= 4 is 34.3 Å². The van der Waals surface area contributed by atoms with E-state index in [1.54, 1.807) is 13.1 Å². The minimum absolute atomic E-state index is 0.142. The Morgan fingerprint density at radius 1 is 1.46 bits per heavy atom. The van der Waals surface area contributed by atoms with Crippen LogP contribution >= 0.6 is 11.6 Å². The van der Waals surface area contributed by atoms with Gasteiger partial charge in [-0.15, -0.1) is 0 Å². The van der Waals surface area contributed by atoms with Gasteiger partial charge in [0.1, 0.15) is 11.6 Å². The molecule has 0 amide bonds. The number of rotatable bonds is 4. The number of hydrogen-bond acceptors (Lipinski definition) is 5. The predicted octanol–water partition coefficient (Wildman–Crippen LogP) is 2.69. The Balaban J connectivity index is 1.99. The van der Waals surface area contributed by atoms with Gasteiger partial charge >= 0.3 is 0 Å². The summed E-state index contributed by atoms with van der Waals surface area (Å²) < 4.78 is 13.3. The number of H-pyrrole nitrogens is 1. The van der Waals surface area contributed by atoms with E-state index >= 15 is 0 Å². The number of halogens is 2. The van der Waals surface area contributed by atoms with Crippen LogP contribution in [0.5, 0.6) is 0 Å². The molecule has 0 radical (unpaired) electrons. The molecule has 0 aliphatic carbocycles. The van der Waals surface area contributed by atoms with E-state index in [2.05, 4.69) is 20.3 Å². The van der Waals surface area contributed by atoms with Gasteiger partial charge in [-0.05, 0) is 31.3 Å². The van der Waals surface area contributed by atoms with Gasteiger partial charge < -0.3 is 10.3 Å². The van der Waals surface area contributed by atoms with Crippen molar-refractivity contribution in [3.05, 3.63) is 52.7 Å². The molecule has 3 rings (SSSR count). The molecule has 0 aliphatic rings. The zero-order valence-corrected chi connectivity index (χ0v) is 13.4. The molecule has 24 heavy (non-hydrogen) atoms. The first-order valence-corrected chi connectivity index (χ1v) is 7.40. The summed E-state index contributed by atoms with van der Waals surface area (Å²) in [4.78, 5) is 11.5. The second-order valence-electron chi connectivity index (χ2n) is 5.03. The fraction of sp³-hybridized carbons (Fsp3) is 0.133. The first-order valence-electron chi connectivity index (χ1n) is 7.02. The van der Waals surface area contributed by atoms with Crippen molar-refractivity contribution in [1.29, 1.82) is 5.41 Å². The van der Waals surface area contributed by atoms with E-state index in [9.17, 15) is 9.60 Å². The molecule has 3 aromatic rings. The zero-order chi connectivity index (χ0) is 17.3. The van der Waals surface area contributed by atoms with Crippen LogP contribution in [-0.4, -0.2) is 33.0 Å². The van der Waals surface area contributed by atoms with Crippen molar-refractivity contribution in [2.75, 3.05) is 12.1 Å². The molecule has 1 aromatic carbocycles. The highest BCUT2D eigenvalue weighted by atomic mass is 35.5. The van der Waals surface area contributed by atoms with E-state index in [0.717, 1.165) is 6.07 Å². The van der Waals surface area contributed by atoms with Crippen LogP contribution in [0.15, 0.2) is 30.5 Å². The number of hydrogen-bond donors (Lipinski definition) is 4. The summed E-state index contributed by atoms with van der Waals surface area (Å²) in [5.74, 6) is -0.156. The molecule has 0 fully saturated rings. The maximum Gasteiger partial charge on any atom is 0.178 e. The van der Waals surface area contributed by atoms with Crippen LogP contribution in [-0.2, 0) is 6.54 Å². The Kier molecular flexibility index (Phi) is 4.43. The van der Waals surface area contributed by atoms with E-state index in [1.165, 1.54) is 18.3 Å². The second kappa shape index (κ2) is 6.52. The van der Waals surface area contributed by atoms with Crippen LogP contribution in [0, 0.1) is 11.2 Å². The van der Waals surface area contributed by atoms with Gasteiger partial charge in [-0.3, -0.25) is 10.6 Å². The predicted molar refractivity (Wildman–Crippen MR) is 89.2 cm³/mol. The van der Waals surface area contributed by atoms with Crippen molar-refractivity contribution in [1.82, 2.24) is 20.3 Å². The Hall–Kier alpha value is -2.55. The summed E-state index contributed by atoms with van der Waals surface area (Å²) >= 11 is 5.73. The van der Waals surface area contributed by atoms with Crippen molar-refractivity contribution in [3.8, 4) is 0 Å². The number of imidazole rings is 1. The fourth-order valence-corrected chi connectivity index (χ4v) is 2.44. The van der Waals surface area contributed by atoms with E-state index in [4.69, 9.17) is 17.0 Å². The largest absolute Gasteiger partial charge is 0.339 e. The second-order valence-corrected chi connectivity index (χ2v) is 5.44. The quantitative estimate of drug-likeness (QED) is 0.330. The first-order chi connectivity index (χ1) is 11.5. The van der Waals surface area contributed by atoms with Crippen LogP contribution in [0.3, 0.4) is 0 Å². The molecule has 124 valence electrons. The summed E-state index contributed by atoms with van der Waals surface area (Å²) in [5.41, 5.74) is 1.54.